The van der Waals surface area contributed by atoms with Gasteiger partial charge >= 0.3 is 0 Å². The van der Waals surface area contributed by atoms with Crippen molar-refractivity contribution >= 4 is 15.7 Å². The lowest BCUT2D eigenvalue weighted by molar-refractivity contribution is 0.395. The lowest BCUT2D eigenvalue weighted by Crippen LogP contribution is -2.34. The van der Waals surface area contributed by atoms with Gasteiger partial charge in [0, 0.05) is 38.4 Å². The minimum absolute atomic E-state index is 0.265. The van der Waals surface area contributed by atoms with E-state index in [0.717, 1.165) is 38.2 Å². The Bertz CT molecular complexity index is 1030. The quantitative estimate of drug-likeness (QED) is 0.274. The van der Waals surface area contributed by atoms with Gasteiger partial charge < -0.3 is 16.4 Å². The summed E-state index contributed by atoms with van der Waals surface area (Å²) >= 11 is 0. The van der Waals surface area contributed by atoms with Crippen molar-refractivity contribution in [2.24, 2.45) is 0 Å². The Balaban J connectivity index is 1.48. The molecule has 0 unspecified atom stereocenters. The summed E-state index contributed by atoms with van der Waals surface area (Å²) in [7, 11) is -3.61. The normalized spacial score (nSPS) is 11.7. The van der Waals surface area contributed by atoms with Crippen molar-refractivity contribution < 1.29 is 8.42 Å². The fourth-order valence-electron chi connectivity index (χ4n) is 3.37. The smallest absolute Gasteiger partial charge is 0.243 e. The number of sulfonamides is 1. The van der Waals surface area contributed by atoms with Crippen LogP contribution in [-0.2, 0) is 23.1 Å². The number of hydrogen-bond acceptors (Lipinski definition) is 5. The first-order valence-electron chi connectivity index (χ1n) is 10.9. The molecule has 6 nitrogen and oxygen atoms in total. The highest BCUT2D eigenvalue weighted by atomic mass is 32.2. The van der Waals surface area contributed by atoms with Crippen LogP contribution in [0.5, 0.6) is 0 Å². The first-order valence-corrected chi connectivity index (χ1v) is 12.3. The van der Waals surface area contributed by atoms with E-state index in [1.807, 2.05) is 48.5 Å². The summed E-state index contributed by atoms with van der Waals surface area (Å²) in [6, 6.07) is 26.3. The van der Waals surface area contributed by atoms with Gasteiger partial charge in [0.2, 0.25) is 10.0 Å². The second kappa shape index (κ2) is 12.4. The standard InChI is InChI=1S/C25H32N4O2S/c26-24-12-14-25(15-13-24)32(30,31)29(21-23-10-5-2-6-11-23)19-7-16-27-17-18-28-20-22-8-3-1-4-9-22/h1-6,8-15,27-28H,7,16-21,26H2. The van der Waals surface area contributed by atoms with Crippen molar-refractivity contribution in [2.45, 2.75) is 24.4 Å². The van der Waals surface area contributed by atoms with E-state index in [1.165, 1.54) is 5.56 Å². The van der Waals surface area contributed by atoms with Crippen molar-refractivity contribution in [3.63, 3.8) is 0 Å². The van der Waals surface area contributed by atoms with Crippen LogP contribution >= 0.6 is 0 Å². The van der Waals surface area contributed by atoms with E-state index in [2.05, 4.69) is 22.8 Å². The molecule has 0 spiro atoms. The third-order valence-electron chi connectivity index (χ3n) is 5.13. The third kappa shape index (κ3) is 7.46. The summed E-state index contributed by atoms with van der Waals surface area (Å²) < 4.78 is 28.0. The molecular weight excluding hydrogens is 420 g/mol. The van der Waals surface area contributed by atoms with Gasteiger partial charge in [0.05, 0.1) is 4.90 Å². The summed E-state index contributed by atoms with van der Waals surface area (Å²) in [4.78, 5) is 0.265. The molecule has 0 saturated heterocycles. The Kier molecular flexibility index (Phi) is 9.25. The van der Waals surface area contributed by atoms with Crippen LogP contribution in [0.4, 0.5) is 5.69 Å². The molecule has 0 radical (unpaired) electrons. The van der Waals surface area contributed by atoms with Crippen molar-refractivity contribution in [3.8, 4) is 0 Å². The van der Waals surface area contributed by atoms with Crippen molar-refractivity contribution in [1.29, 1.82) is 0 Å². The minimum Gasteiger partial charge on any atom is -0.399 e. The Labute approximate surface area is 191 Å². The highest BCUT2D eigenvalue weighted by Gasteiger charge is 2.24. The Morgan fingerprint density at radius 3 is 1.97 bits per heavy atom. The van der Waals surface area contributed by atoms with E-state index in [-0.39, 0.29) is 4.90 Å². The van der Waals surface area contributed by atoms with Gasteiger partial charge in [0.1, 0.15) is 0 Å². The van der Waals surface area contributed by atoms with E-state index in [4.69, 9.17) is 5.73 Å². The highest BCUT2D eigenvalue weighted by Crippen LogP contribution is 2.20. The Hall–Kier alpha value is -2.71. The number of hydrogen-bond donors (Lipinski definition) is 3. The maximum atomic E-state index is 13.2. The number of nitrogens with one attached hydrogen (secondary N) is 2. The summed E-state index contributed by atoms with van der Waals surface area (Å²) in [6.45, 7) is 4.05. The van der Waals surface area contributed by atoms with Gasteiger partial charge in [0.25, 0.3) is 0 Å². The molecule has 170 valence electrons. The van der Waals surface area contributed by atoms with Gasteiger partial charge in [-0.3, -0.25) is 0 Å². The molecule has 0 aliphatic carbocycles. The zero-order valence-electron chi connectivity index (χ0n) is 18.3. The predicted molar refractivity (Wildman–Crippen MR) is 131 cm³/mol. The molecule has 0 saturated carbocycles. The highest BCUT2D eigenvalue weighted by molar-refractivity contribution is 7.89. The molecule has 0 amide bonds. The molecular formula is C25H32N4O2S. The van der Waals surface area contributed by atoms with Crippen LogP contribution < -0.4 is 16.4 Å². The maximum Gasteiger partial charge on any atom is 0.243 e. The van der Waals surface area contributed by atoms with Crippen molar-refractivity contribution in [3.05, 3.63) is 96.1 Å². The van der Waals surface area contributed by atoms with Crippen molar-refractivity contribution in [2.75, 3.05) is 31.9 Å². The van der Waals surface area contributed by atoms with Crippen LogP contribution in [0.3, 0.4) is 0 Å². The molecule has 0 aliphatic heterocycles. The fourth-order valence-corrected chi connectivity index (χ4v) is 4.84. The molecule has 0 heterocycles. The molecule has 0 fully saturated rings. The number of rotatable bonds is 13. The van der Waals surface area contributed by atoms with Gasteiger partial charge in [-0.05, 0) is 48.4 Å². The number of nitrogens with two attached hydrogens (primary N) is 1. The third-order valence-corrected chi connectivity index (χ3v) is 6.99. The van der Waals surface area contributed by atoms with Gasteiger partial charge in [-0.1, -0.05) is 60.7 Å². The van der Waals surface area contributed by atoms with E-state index < -0.39 is 10.0 Å². The largest absolute Gasteiger partial charge is 0.399 e. The van der Waals surface area contributed by atoms with E-state index >= 15 is 0 Å². The predicted octanol–water partition coefficient (Wildman–Crippen LogP) is 3.23. The molecule has 0 atom stereocenters. The molecule has 0 aromatic heterocycles. The van der Waals surface area contributed by atoms with Crippen molar-refractivity contribution in [1.82, 2.24) is 14.9 Å². The van der Waals surface area contributed by atoms with Crippen LogP contribution in [-0.4, -0.2) is 38.9 Å². The second-order valence-electron chi connectivity index (χ2n) is 7.66. The average Bonchev–Trinajstić information content (AvgIpc) is 2.81. The molecule has 3 aromatic carbocycles. The minimum atomic E-state index is -3.61. The van der Waals surface area contributed by atoms with Crippen LogP contribution in [0.1, 0.15) is 17.5 Å². The van der Waals surface area contributed by atoms with Gasteiger partial charge in [0.15, 0.2) is 0 Å². The second-order valence-corrected chi connectivity index (χ2v) is 9.60. The van der Waals surface area contributed by atoms with E-state index in [9.17, 15) is 8.42 Å². The summed E-state index contributed by atoms with van der Waals surface area (Å²) in [5.41, 5.74) is 8.50. The average molecular weight is 453 g/mol. The monoisotopic (exact) mass is 452 g/mol. The zero-order valence-corrected chi connectivity index (χ0v) is 19.1. The van der Waals surface area contributed by atoms with Crippen LogP contribution in [0.15, 0.2) is 89.8 Å². The summed E-state index contributed by atoms with van der Waals surface area (Å²) in [5, 5.41) is 6.79. The lowest BCUT2D eigenvalue weighted by atomic mass is 10.2. The molecule has 3 rings (SSSR count). The van der Waals surface area contributed by atoms with Gasteiger partial charge in [-0.2, -0.15) is 4.31 Å². The molecule has 7 heteroatoms. The van der Waals surface area contributed by atoms with E-state index in [0.29, 0.717) is 18.8 Å². The molecule has 0 bridgehead atoms. The Morgan fingerprint density at radius 2 is 1.31 bits per heavy atom. The lowest BCUT2D eigenvalue weighted by Gasteiger charge is -2.22. The first-order chi connectivity index (χ1) is 15.6. The maximum absolute atomic E-state index is 13.2. The topological polar surface area (TPSA) is 87.5 Å². The van der Waals surface area contributed by atoms with E-state index in [1.54, 1.807) is 28.6 Å². The zero-order chi connectivity index (χ0) is 22.7. The van der Waals surface area contributed by atoms with Crippen LogP contribution in [0.2, 0.25) is 0 Å². The number of nitrogen functional groups attached to an aromatic ring is 1. The number of nitrogens with zero attached hydrogens (tertiary/aromatic N) is 1. The molecule has 32 heavy (non-hydrogen) atoms. The summed E-state index contributed by atoms with van der Waals surface area (Å²) in [6.07, 6.45) is 0.722. The van der Waals surface area contributed by atoms with Crippen LogP contribution in [0.25, 0.3) is 0 Å². The SMILES string of the molecule is Nc1ccc(S(=O)(=O)N(CCCNCCNCc2ccccc2)Cc2ccccc2)cc1. The number of anilines is 1. The number of benzene rings is 3. The summed E-state index contributed by atoms with van der Waals surface area (Å²) in [5.74, 6) is 0. The molecule has 4 N–H and O–H groups in total. The first kappa shape index (κ1) is 23.9. The Morgan fingerprint density at radius 1 is 0.719 bits per heavy atom. The fraction of sp³-hybridized carbons (Fsp3) is 0.280. The molecule has 3 aromatic rings. The van der Waals surface area contributed by atoms with Gasteiger partial charge in [-0.25, -0.2) is 8.42 Å². The van der Waals surface area contributed by atoms with Crippen LogP contribution in [0, 0.1) is 0 Å². The molecule has 0 aliphatic rings. The van der Waals surface area contributed by atoms with Gasteiger partial charge in [-0.15, -0.1) is 0 Å².